The minimum absolute atomic E-state index is 0.318. The van der Waals surface area contributed by atoms with E-state index in [4.69, 9.17) is 0 Å². The number of carbonyl (C=O) groups excluding carboxylic acids is 1. The van der Waals surface area contributed by atoms with E-state index in [2.05, 4.69) is 10.3 Å². The summed E-state index contributed by atoms with van der Waals surface area (Å²) in [6, 6.07) is 3.54. The van der Waals surface area contributed by atoms with E-state index < -0.39 is 0 Å². The minimum atomic E-state index is -0.318. The van der Waals surface area contributed by atoms with Crippen LogP contribution in [0.15, 0.2) is 17.5 Å². The van der Waals surface area contributed by atoms with Gasteiger partial charge in [-0.25, -0.2) is 4.79 Å². The standard InChI is InChI=1S/C7H9NO2S/c1-2-8-10-7(9)6-4-3-5-11-6/h3-5,8H,2H2,1H3. The van der Waals surface area contributed by atoms with Crippen LogP contribution in [0.4, 0.5) is 0 Å². The zero-order chi connectivity index (χ0) is 8.10. The molecule has 1 heterocycles. The Kier molecular flexibility index (Phi) is 3.07. The van der Waals surface area contributed by atoms with Crippen LogP contribution in [0.3, 0.4) is 0 Å². The molecule has 0 saturated heterocycles. The van der Waals surface area contributed by atoms with Crippen molar-refractivity contribution in [3.8, 4) is 0 Å². The molecule has 0 aliphatic rings. The lowest BCUT2D eigenvalue weighted by Gasteiger charge is -1.99. The first-order chi connectivity index (χ1) is 5.34. The summed E-state index contributed by atoms with van der Waals surface area (Å²) in [6.45, 7) is 2.48. The van der Waals surface area contributed by atoms with Crippen molar-refractivity contribution in [1.29, 1.82) is 0 Å². The van der Waals surface area contributed by atoms with Crippen LogP contribution in [0.5, 0.6) is 0 Å². The van der Waals surface area contributed by atoms with Crippen LogP contribution in [-0.4, -0.2) is 12.5 Å². The van der Waals surface area contributed by atoms with Gasteiger partial charge in [-0.1, -0.05) is 6.07 Å². The van der Waals surface area contributed by atoms with Gasteiger partial charge in [-0.2, -0.15) is 5.48 Å². The number of nitrogens with one attached hydrogen (secondary N) is 1. The average molecular weight is 171 g/mol. The molecule has 4 heteroatoms. The Morgan fingerprint density at radius 3 is 3.18 bits per heavy atom. The lowest BCUT2D eigenvalue weighted by atomic mass is 10.5. The van der Waals surface area contributed by atoms with Gasteiger partial charge in [0.2, 0.25) is 0 Å². The maximum atomic E-state index is 11.0. The predicted octanol–water partition coefficient (Wildman–Crippen LogP) is 1.43. The number of thiophene rings is 1. The SMILES string of the molecule is CCNOC(=O)c1cccs1. The minimum Gasteiger partial charge on any atom is -0.366 e. The topological polar surface area (TPSA) is 38.3 Å². The Balaban J connectivity index is 2.43. The molecule has 60 valence electrons. The van der Waals surface area contributed by atoms with Crippen LogP contribution >= 0.6 is 11.3 Å². The van der Waals surface area contributed by atoms with Gasteiger partial charge in [0.25, 0.3) is 0 Å². The van der Waals surface area contributed by atoms with Crippen molar-refractivity contribution in [3.63, 3.8) is 0 Å². The molecule has 0 unspecified atom stereocenters. The monoisotopic (exact) mass is 171 g/mol. The van der Waals surface area contributed by atoms with Crippen LogP contribution in [0.2, 0.25) is 0 Å². The predicted molar refractivity (Wildman–Crippen MR) is 43.4 cm³/mol. The van der Waals surface area contributed by atoms with Gasteiger partial charge in [0.15, 0.2) is 0 Å². The molecule has 0 spiro atoms. The van der Waals surface area contributed by atoms with E-state index in [-0.39, 0.29) is 5.97 Å². The maximum absolute atomic E-state index is 11.0. The maximum Gasteiger partial charge on any atom is 0.366 e. The van der Waals surface area contributed by atoms with E-state index in [0.29, 0.717) is 11.4 Å². The fraction of sp³-hybridized carbons (Fsp3) is 0.286. The Bertz CT molecular complexity index is 220. The van der Waals surface area contributed by atoms with E-state index in [0.717, 1.165) is 0 Å². The summed E-state index contributed by atoms with van der Waals surface area (Å²) in [4.78, 5) is 16.3. The third-order valence-corrected chi connectivity index (χ3v) is 1.88. The second kappa shape index (κ2) is 4.10. The van der Waals surface area contributed by atoms with Crippen LogP contribution in [0.25, 0.3) is 0 Å². The molecule has 1 aromatic heterocycles. The van der Waals surface area contributed by atoms with E-state index in [1.54, 1.807) is 6.07 Å². The number of rotatable bonds is 3. The largest absolute Gasteiger partial charge is 0.366 e. The molecule has 0 aliphatic carbocycles. The van der Waals surface area contributed by atoms with Crippen molar-refractivity contribution < 1.29 is 9.63 Å². The van der Waals surface area contributed by atoms with Gasteiger partial charge in [0.05, 0.1) is 0 Å². The van der Waals surface area contributed by atoms with Crippen molar-refractivity contribution in [2.45, 2.75) is 6.92 Å². The second-order valence-electron chi connectivity index (χ2n) is 1.86. The lowest BCUT2D eigenvalue weighted by molar-refractivity contribution is 0.0272. The molecule has 0 aliphatic heterocycles. The zero-order valence-electron chi connectivity index (χ0n) is 6.16. The van der Waals surface area contributed by atoms with Crippen molar-refractivity contribution in [1.82, 2.24) is 5.48 Å². The summed E-state index contributed by atoms with van der Waals surface area (Å²) in [5.41, 5.74) is 2.49. The average Bonchev–Trinajstić information content (AvgIpc) is 2.52. The molecule has 0 aromatic carbocycles. The first-order valence-corrected chi connectivity index (χ1v) is 4.20. The quantitative estimate of drug-likeness (QED) is 0.699. The molecule has 0 radical (unpaired) electrons. The highest BCUT2D eigenvalue weighted by molar-refractivity contribution is 7.11. The molecule has 0 bridgehead atoms. The highest BCUT2D eigenvalue weighted by Crippen LogP contribution is 2.08. The van der Waals surface area contributed by atoms with E-state index in [1.807, 2.05) is 18.4 Å². The van der Waals surface area contributed by atoms with Crippen molar-refractivity contribution in [2.24, 2.45) is 0 Å². The number of carbonyl (C=O) groups is 1. The lowest BCUT2D eigenvalue weighted by Crippen LogP contribution is -2.18. The van der Waals surface area contributed by atoms with E-state index in [9.17, 15) is 4.79 Å². The van der Waals surface area contributed by atoms with Gasteiger partial charge in [0.1, 0.15) is 4.88 Å². The Morgan fingerprint density at radius 1 is 1.82 bits per heavy atom. The smallest absolute Gasteiger partial charge is 0.366 e. The van der Waals surface area contributed by atoms with Gasteiger partial charge in [-0.3, -0.25) is 0 Å². The Labute approximate surface area is 68.9 Å². The Morgan fingerprint density at radius 2 is 2.64 bits per heavy atom. The summed E-state index contributed by atoms with van der Waals surface area (Å²) in [5.74, 6) is -0.318. The summed E-state index contributed by atoms with van der Waals surface area (Å²) in [7, 11) is 0. The van der Waals surface area contributed by atoms with Gasteiger partial charge in [-0.15, -0.1) is 11.3 Å². The summed E-state index contributed by atoms with van der Waals surface area (Å²) in [5, 5.41) is 1.84. The summed E-state index contributed by atoms with van der Waals surface area (Å²) >= 11 is 1.37. The Hall–Kier alpha value is -0.870. The molecule has 0 amide bonds. The van der Waals surface area contributed by atoms with Crippen LogP contribution < -0.4 is 5.48 Å². The third-order valence-electron chi connectivity index (χ3n) is 1.03. The molecular formula is C7H9NO2S. The number of hydrogen-bond donors (Lipinski definition) is 1. The molecule has 0 fully saturated rings. The molecule has 1 N–H and O–H groups in total. The molecule has 1 aromatic rings. The third kappa shape index (κ3) is 2.32. The molecule has 0 atom stereocenters. The normalized spacial score (nSPS) is 9.55. The second-order valence-corrected chi connectivity index (χ2v) is 2.81. The zero-order valence-corrected chi connectivity index (χ0v) is 6.98. The fourth-order valence-electron chi connectivity index (χ4n) is 0.583. The van der Waals surface area contributed by atoms with Gasteiger partial charge < -0.3 is 4.84 Å². The molecule has 0 saturated carbocycles. The van der Waals surface area contributed by atoms with Gasteiger partial charge in [-0.05, 0) is 18.4 Å². The molecule has 11 heavy (non-hydrogen) atoms. The first kappa shape index (κ1) is 8.23. The van der Waals surface area contributed by atoms with E-state index >= 15 is 0 Å². The molecule has 1 rings (SSSR count). The van der Waals surface area contributed by atoms with Crippen LogP contribution in [0, 0.1) is 0 Å². The summed E-state index contributed by atoms with van der Waals surface area (Å²) in [6.07, 6.45) is 0. The van der Waals surface area contributed by atoms with Crippen molar-refractivity contribution in [2.75, 3.05) is 6.54 Å². The van der Waals surface area contributed by atoms with Crippen molar-refractivity contribution >= 4 is 17.3 Å². The first-order valence-electron chi connectivity index (χ1n) is 3.32. The van der Waals surface area contributed by atoms with Gasteiger partial charge in [0, 0.05) is 6.54 Å². The highest BCUT2D eigenvalue weighted by Gasteiger charge is 2.06. The van der Waals surface area contributed by atoms with Gasteiger partial charge >= 0.3 is 5.97 Å². The highest BCUT2D eigenvalue weighted by atomic mass is 32.1. The molecular weight excluding hydrogens is 162 g/mol. The fourth-order valence-corrected chi connectivity index (χ4v) is 1.18. The van der Waals surface area contributed by atoms with Crippen molar-refractivity contribution in [3.05, 3.63) is 22.4 Å². The number of hydroxylamine groups is 1. The molecule has 3 nitrogen and oxygen atoms in total. The van der Waals surface area contributed by atoms with Crippen LogP contribution in [-0.2, 0) is 4.84 Å². The number of hydrogen-bond acceptors (Lipinski definition) is 4. The van der Waals surface area contributed by atoms with E-state index in [1.165, 1.54) is 11.3 Å². The van der Waals surface area contributed by atoms with Crippen LogP contribution in [0.1, 0.15) is 16.6 Å². The summed E-state index contributed by atoms with van der Waals surface area (Å²) < 4.78 is 0.